The first-order valence-electron chi connectivity index (χ1n) is 7.88. The molecule has 1 amide bonds. The first-order valence-corrected chi connectivity index (χ1v) is 9.02. The first kappa shape index (κ1) is 19.9. The Balaban J connectivity index is 2.05. The summed E-state index contributed by atoms with van der Waals surface area (Å²) in [6, 6.07) is 7.70. The fraction of sp³-hybridized carbons (Fsp3) is 0.316. The second kappa shape index (κ2) is 8.31. The Bertz CT molecular complexity index is 757. The van der Waals surface area contributed by atoms with Gasteiger partial charge in [0.15, 0.2) is 12.4 Å². The van der Waals surface area contributed by atoms with E-state index in [1.807, 2.05) is 24.3 Å². The summed E-state index contributed by atoms with van der Waals surface area (Å²) in [6.07, 6.45) is 0. The number of anilines is 1. The van der Waals surface area contributed by atoms with E-state index in [2.05, 4.69) is 19.2 Å². The topological polar surface area (TPSA) is 38.3 Å². The van der Waals surface area contributed by atoms with Crippen LogP contribution in [0.25, 0.3) is 0 Å². The van der Waals surface area contributed by atoms with Crippen LogP contribution in [0.3, 0.4) is 0 Å². The molecule has 0 spiro atoms. The van der Waals surface area contributed by atoms with Crippen molar-refractivity contribution in [1.82, 2.24) is 0 Å². The van der Waals surface area contributed by atoms with Gasteiger partial charge < -0.3 is 10.1 Å². The van der Waals surface area contributed by atoms with E-state index >= 15 is 0 Å². The molecule has 3 nitrogen and oxygen atoms in total. The highest BCUT2D eigenvalue weighted by atomic mass is 35.5. The molecular weight excluding hydrogens is 381 g/mol. The minimum atomic E-state index is -0.297. The molecule has 0 heterocycles. The van der Waals surface area contributed by atoms with Crippen molar-refractivity contribution in [1.29, 1.82) is 0 Å². The number of nitrogens with one attached hydrogen (secondary N) is 1. The Labute approximate surface area is 163 Å². The van der Waals surface area contributed by atoms with Crippen molar-refractivity contribution in [3.63, 3.8) is 0 Å². The van der Waals surface area contributed by atoms with Crippen LogP contribution in [-0.4, -0.2) is 12.5 Å². The maximum absolute atomic E-state index is 12.1. The van der Waals surface area contributed by atoms with Crippen molar-refractivity contribution in [3.05, 3.63) is 56.0 Å². The predicted molar refractivity (Wildman–Crippen MR) is 106 cm³/mol. The van der Waals surface area contributed by atoms with E-state index in [4.69, 9.17) is 39.5 Å². The van der Waals surface area contributed by atoms with Crippen molar-refractivity contribution in [3.8, 4) is 5.75 Å². The quantitative estimate of drug-likeness (QED) is 0.630. The average Bonchev–Trinajstić information content (AvgIpc) is 2.58. The van der Waals surface area contributed by atoms with Crippen LogP contribution in [0, 0.1) is 13.8 Å². The molecule has 25 heavy (non-hydrogen) atoms. The van der Waals surface area contributed by atoms with Gasteiger partial charge >= 0.3 is 0 Å². The van der Waals surface area contributed by atoms with Gasteiger partial charge in [-0.1, -0.05) is 60.8 Å². The zero-order valence-electron chi connectivity index (χ0n) is 14.5. The lowest BCUT2D eigenvalue weighted by atomic mass is 10.0. The number of benzene rings is 2. The number of carbonyl (C=O) groups excluding carboxylic acids is 1. The minimum Gasteiger partial charge on any atom is -0.481 e. The Hall–Kier alpha value is -1.42. The van der Waals surface area contributed by atoms with E-state index in [0.29, 0.717) is 37.8 Å². The summed E-state index contributed by atoms with van der Waals surface area (Å²) in [4.78, 5) is 12.1. The van der Waals surface area contributed by atoms with Gasteiger partial charge in [0.1, 0.15) is 0 Å². The van der Waals surface area contributed by atoms with Gasteiger partial charge in [-0.2, -0.15) is 0 Å². The van der Waals surface area contributed by atoms with E-state index in [1.165, 1.54) is 5.56 Å². The number of ether oxygens (including phenoxy) is 1. The second-order valence-electron chi connectivity index (χ2n) is 6.13. The highest BCUT2D eigenvalue weighted by Crippen LogP contribution is 2.42. The van der Waals surface area contributed by atoms with Crippen LogP contribution < -0.4 is 10.1 Å². The molecule has 0 fully saturated rings. The molecule has 0 aromatic heterocycles. The number of carbonyl (C=O) groups is 1. The molecule has 0 saturated carbocycles. The van der Waals surface area contributed by atoms with Gasteiger partial charge in [0.25, 0.3) is 5.91 Å². The third kappa shape index (κ3) is 4.60. The molecule has 0 radical (unpaired) electrons. The summed E-state index contributed by atoms with van der Waals surface area (Å²) in [5.74, 6) is 0.413. The summed E-state index contributed by atoms with van der Waals surface area (Å²) >= 11 is 18.6. The van der Waals surface area contributed by atoms with Crippen LogP contribution in [0.2, 0.25) is 15.1 Å². The third-order valence-corrected chi connectivity index (χ3v) is 5.40. The highest BCUT2D eigenvalue weighted by molar-refractivity contribution is 6.42. The lowest BCUT2D eigenvalue weighted by Gasteiger charge is -2.15. The summed E-state index contributed by atoms with van der Waals surface area (Å²) in [5.41, 5.74) is 3.26. The van der Waals surface area contributed by atoms with Crippen LogP contribution in [0.5, 0.6) is 5.75 Å². The molecule has 0 aliphatic heterocycles. The maximum Gasteiger partial charge on any atom is 0.262 e. The number of halogens is 3. The van der Waals surface area contributed by atoms with E-state index in [1.54, 1.807) is 13.8 Å². The molecule has 6 heteroatoms. The van der Waals surface area contributed by atoms with Crippen molar-refractivity contribution in [2.24, 2.45) is 0 Å². The van der Waals surface area contributed by atoms with Gasteiger partial charge in [-0.3, -0.25) is 4.79 Å². The average molecular weight is 401 g/mol. The summed E-state index contributed by atoms with van der Waals surface area (Å²) in [7, 11) is 0. The normalized spacial score (nSPS) is 10.9. The van der Waals surface area contributed by atoms with Crippen LogP contribution in [0.1, 0.15) is 36.5 Å². The van der Waals surface area contributed by atoms with Crippen molar-refractivity contribution in [2.45, 2.75) is 33.6 Å². The number of hydrogen-bond donors (Lipinski definition) is 1. The van der Waals surface area contributed by atoms with Gasteiger partial charge in [0, 0.05) is 10.7 Å². The first-order chi connectivity index (χ1) is 11.7. The SMILES string of the molecule is Cc1c(Cl)c(C)c(Cl)c(OCC(=O)Nc2ccc(C(C)C)cc2)c1Cl. The van der Waals surface area contributed by atoms with E-state index < -0.39 is 0 Å². The molecule has 134 valence electrons. The smallest absolute Gasteiger partial charge is 0.262 e. The molecule has 0 aliphatic rings. The van der Waals surface area contributed by atoms with Crippen molar-refractivity contribution >= 4 is 46.4 Å². The molecule has 0 saturated heterocycles. The fourth-order valence-corrected chi connectivity index (χ4v) is 3.14. The molecule has 2 rings (SSSR count). The number of hydrogen-bond acceptors (Lipinski definition) is 2. The van der Waals surface area contributed by atoms with Crippen molar-refractivity contribution in [2.75, 3.05) is 11.9 Å². The maximum atomic E-state index is 12.1. The lowest BCUT2D eigenvalue weighted by Crippen LogP contribution is -2.20. The van der Waals surface area contributed by atoms with Crippen LogP contribution in [0.15, 0.2) is 24.3 Å². The lowest BCUT2D eigenvalue weighted by molar-refractivity contribution is -0.118. The van der Waals surface area contributed by atoms with Gasteiger partial charge in [-0.05, 0) is 48.6 Å². The molecule has 2 aromatic rings. The zero-order valence-corrected chi connectivity index (χ0v) is 16.8. The molecule has 0 unspecified atom stereocenters. The Morgan fingerprint density at radius 3 is 2.00 bits per heavy atom. The largest absolute Gasteiger partial charge is 0.481 e. The summed E-state index contributed by atoms with van der Waals surface area (Å²) < 4.78 is 5.55. The Morgan fingerprint density at radius 1 is 1.00 bits per heavy atom. The Morgan fingerprint density at radius 2 is 1.52 bits per heavy atom. The molecule has 1 N–H and O–H groups in total. The van der Waals surface area contributed by atoms with Gasteiger partial charge in [0.05, 0.1) is 10.0 Å². The second-order valence-corrected chi connectivity index (χ2v) is 7.27. The number of rotatable bonds is 5. The van der Waals surface area contributed by atoms with Crippen LogP contribution >= 0.6 is 34.8 Å². The standard InChI is InChI=1S/C19H20Cl3NO2/c1-10(2)13-5-7-14(8-6-13)23-15(24)9-25-19-17(21)11(3)16(20)12(4)18(19)22/h5-8,10H,9H2,1-4H3,(H,23,24). The van der Waals surface area contributed by atoms with Gasteiger partial charge in [0.2, 0.25) is 0 Å². The van der Waals surface area contributed by atoms with Gasteiger partial charge in [-0.25, -0.2) is 0 Å². The minimum absolute atomic E-state index is 0.202. The predicted octanol–water partition coefficient (Wildman–Crippen LogP) is 6.40. The van der Waals surface area contributed by atoms with E-state index in [9.17, 15) is 4.79 Å². The highest BCUT2D eigenvalue weighted by Gasteiger charge is 2.18. The molecule has 0 bridgehead atoms. The van der Waals surface area contributed by atoms with Crippen molar-refractivity contribution < 1.29 is 9.53 Å². The fourth-order valence-electron chi connectivity index (χ4n) is 2.32. The molecule has 0 aliphatic carbocycles. The summed E-state index contributed by atoms with van der Waals surface area (Å²) in [5, 5.41) is 3.91. The van der Waals surface area contributed by atoms with E-state index in [-0.39, 0.29) is 18.3 Å². The molecule has 2 aromatic carbocycles. The van der Waals surface area contributed by atoms with E-state index in [0.717, 1.165) is 0 Å². The van der Waals surface area contributed by atoms with Gasteiger partial charge in [-0.15, -0.1) is 0 Å². The molecule has 0 atom stereocenters. The third-order valence-electron chi connectivity index (χ3n) is 3.92. The zero-order chi connectivity index (χ0) is 18.7. The number of amides is 1. The molecular formula is C19H20Cl3NO2. The monoisotopic (exact) mass is 399 g/mol. The van der Waals surface area contributed by atoms with Crippen LogP contribution in [0.4, 0.5) is 5.69 Å². The summed E-state index contributed by atoms with van der Waals surface area (Å²) in [6.45, 7) is 7.58. The van der Waals surface area contributed by atoms with Crippen LogP contribution in [-0.2, 0) is 4.79 Å². The Kier molecular flexibility index (Phi) is 6.61.